The number of amides is 2. The number of thiophene rings is 1. The van der Waals surface area contributed by atoms with Gasteiger partial charge >= 0.3 is 0 Å². The smallest absolute Gasteiger partial charge is 0.222 e. The van der Waals surface area contributed by atoms with Crippen LogP contribution in [0, 0.1) is 5.92 Å². The molecule has 1 aromatic heterocycles. The van der Waals surface area contributed by atoms with Crippen molar-refractivity contribution in [1.82, 2.24) is 10.6 Å². The third kappa shape index (κ3) is 7.24. The van der Waals surface area contributed by atoms with E-state index in [1.807, 2.05) is 31.4 Å². The highest BCUT2D eigenvalue weighted by molar-refractivity contribution is 7.10. The summed E-state index contributed by atoms with van der Waals surface area (Å²) in [6.45, 7) is 5.72. The Labute approximate surface area is 129 Å². The number of hydrogen-bond acceptors (Lipinski definition) is 4. The maximum atomic E-state index is 12.0. The lowest BCUT2D eigenvalue weighted by molar-refractivity contribution is -0.123. The number of carbonyl (C=O) groups is 2. The van der Waals surface area contributed by atoms with Crippen molar-refractivity contribution in [1.29, 1.82) is 0 Å². The molecule has 0 bridgehead atoms. The quantitative estimate of drug-likeness (QED) is 0.685. The van der Waals surface area contributed by atoms with Crippen LogP contribution in [-0.2, 0) is 9.59 Å². The average molecular weight is 312 g/mol. The average Bonchev–Trinajstić information content (AvgIpc) is 2.88. The third-order valence-corrected chi connectivity index (χ3v) is 3.92. The molecule has 1 rings (SSSR count). The summed E-state index contributed by atoms with van der Waals surface area (Å²) in [5.41, 5.74) is 0. The van der Waals surface area contributed by atoms with Gasteiger partial charge in [-0.2, -0.15) is 0 Å². The molecule has 0 spiro atoms. The summed E-state index contributed by atoms with van der Waals surface area (Å²) < 4.78 is 0. The van der Waals surface area contributed by atoms with Crippen LogP contribution in [0.3, 0.4) is 0 Å². The molecule has 0 radical (unpaired) electrons. The first-order valence-electron chi connectivity index (χ1n) is 7.13. The molecule has 0 saturated carbocycles. The van der Waals surface area contributed by atoms with Crippen molar-refractivity contribution < 1.29 is 14.7 Å². The van der Waals surface area contributed by atoms with Gasteiger partial charge < -0.3 is 15.7 Å². The Morgan fingerprint density at radius 2 is 2.10 bits per heavy atom. The topological polar surface area (TPSA) is 78.4 Å². The van der Waals surface area contributed by atoms with E-state index in [-0.39, 0.29) is 30.8 Å². The normalized spacial score (nSPS) is 13.8. The van der Waals surface area contributed by atoms with E-state index >= 15 is 0 Å². The minimum absolute atomic E-state index is 0.166. The van der Waals surface area contributed by atoms with Gasteiger partial charge in [-0.15, -0.1) is 11.3 Å². The molecule has 1 aromatic rings. The molecule has 0 aliphatic heterocycles. The molecule has 2 amide bonds. The maximum absolute atomic E-state index is 12.0. The van der Waals surface area contributed by atoms with Gasteiger partial charge in [0.05, 0.1) is 18.6 Å². The van der Waals surface area contributed by atoms with Gasteiger partial charge in [0, 0.05) is 18.3 Å². The molecule has 0 aliphatic carbocycles. The Balaban J connectivity index is 2.47. The zero-order valence-electron chi connectivity index (χ0n) is 12.8. The Morgan fingerprint density at radius 1 is 1.38 bits per heavy atom. The number of rotatable bonds is 8. The van der Waals surface area contributed by atoms with E-state index in [0.717, 1.165) is 4.88 Å². The summed E-state index contributed by atoms with van der Waals surface area (Å²) in [6.07, 6.45) is 0.296. The number of aliphatic hydroxyl groups is 1. The molecule has 5 nitrogen and oxygen atoms in total. The largest absolute Gasteiger partial charge is 0.391 e. The Morgan fingerprint density at radius 3 is 2.62 bits per heavy atom. The van der Waals surface area contributed by atoms with Crippen molar-refractivity contribution >= 4 is 23.2 Å². The highest BCUT2D eigenvalue weighted by Crippen LogP contribution is 2.21. The summed E-state index contributed by atoms with van der Waals surface area (Å²) >= 11 is 1.50. The molecule has 118 valence electrons. The molecule has 0 aliphatic rings. The third-order valence-electron chi connectivity index (χ3n) is 2.93. The second kappa shape index (κ2) is 8.79. The SMILES string of the molecule is CC(=O)NC(CC(=O)NCC(O)CC(C)C)c1cccs1. The maximum Gasteiger partial charge on any atom is 0.222 e. The van der Waals surface area contributed by atoms with Crippen LogP contribution >= 0.6 is 11.3 Å². The molecule has 0 aromatic carbocycles. The molecular formula is C15H24N2O3S. The highest BCUT2D eigenvalue weighted by atomic mass is 32.1. The van der Waals surface area contributed by atoms with E-state index in [9.17, 15) is 14.7 Å². The highest BCUT2D eigenvalue weighted by Gasteiger charge is 2.18. The lowest BCUT2D eigenvalue weighted by Crippen LogP contribution is -2.36. The van der Waals surface area contributed by atoms with Crippen molar-refractivity contribution in [2.45, 2.75) is 45.8 Å². The molecule has 2 atom stereocenters. The van der Waals surface area contributed by atoms with Crippen LogP contribution in [0.25, 0.3) is 0 Å². The van der Waals surface area contributed by atoms with Crippen LogP contribution in [-0.4, -0.2) is 29.6 Å². The fraction of sp³-hybridized carbons (Fsp3) is 0.600. The zero-order valence-corrected chi connectivity index (χ0v) is 13.6. The van der Waals surface area contributed by atoms with Crippen molar-refractivity contribution in [3.63, 3.8) is 0 Å². The Bertz CT molecular complexity index is 446. The molecule has 1 heterocycles. The first kappa shape index (κ1) is 17.7. The first-order valence-corrected chi connectivity index (χ1v) is 8.01. The van der Waals surface area contributed by atoms with Crippen LogP contribution in [0.15, 0.2) is 17.5 Å². The predicted octanol–water partition coefficient (Wildman–Crippen LogP) is 1.84. The van der Waals surface area contributed by atoms with Crippen molar-refractivity contribution in [2.24, 2.45) is 5.92 Å². The minimum atomic E-state index is -0.532. The Hall–Kier alpha value is -1.40. The van der Waals surface area contributed by atoms with Crippen LogP contribution in [0.5, 0.6) is 0 Å². The van der Waals surface area contributed by atoms with Gasteiger partial charge in [-0.25, -0.2) is 0 Å². The van der Waals surface area contributed by atoms with Gasteiger partial charge in [0.25, 0.3) is 0 Å². The van der Waals surface area contributed by atoms with Crippen molar-refractivity contribution in [2.75, 3.05) is 6.54 Å². The molecule has 2 unspecified atom stereocenters. The van der Waals surface area contributed by atoms with Gasteiger partial charge in [0.1, 0.15) is 0 Å². The fourth-order valence-corrected chi connectivity index (χ4v) is 2.85. The van der Waals surface area contributed by atoms with Crippen LogP contribution in [0.1, 0.15) is 44.5 Å². The lowest BCUT2D eigenvalue weighted by atomic mass is 10.1. The fourth-order valence-electron chi connectivity index (χ4n) is 2.07. The lowest BCUT2D eigenvalue weighted by Gasteiger charge is -2.18. The molecule has 0 fully saturated rings. The molecule has 6 heteroatoms. The van der Waals surface area contributed by atoms with Crippen molar-refractivity contribution in [3.05, 3.63) is 22.4 Å². The predicted molar refractivity (Wildman–Crippen MR) is 84.0 cm³/mol. The van der Waals surface area contributed by atoms with Crippen molar-refractivity contribution in [3.8, 4) is 0 Å². The zero-order chi connectivity index (χ0) is 15.8. The van der Waals surface area contributed by atoms with E-state index in [2.05, 4.69) is 10.6 Å². The first-order chi connectivity index (χ1) is 9.88. The second-order valence-electron chi connectivity index (χ2n) is 5.56. The number of aliphatic hydroxyl groups excluding tert-OH is 1. The molecule has 0 saturated heterocycles. The number of nitrogens with one attached hydrogen (secondary N) is 2. The van der Waals surface area contributed by atoms with E-state index in [1.54, 1.807) is 0 Å². The van der Waals surface area contributed by atoms with Crippen LogP contribution in [0.2, 0.25) is 0 Å². The molecule has 21 heavy (non-hydrogen) atoms. The summed E-state index contributed by atoms with van der Waals surface area (Å²) in [6, 6.07) is 3.47. The Kier molecular flexibility index (Phi) is 7.39. The second-order valence-corrected chi connectivity index (χ2v) is 6.54. The van der Waals surface area contributed by atoms with Gasteiger partial charge in [0.15, 0.2) is 0 Å². The van der Waals surface area contributed by atoms with Gasteiger partial charge in [-0.05, 0) is 23.8 Å². The summed E-state index contributed by atoms with van der Waals surface area (Å²) in [7, 11) is 0. The van der Waals surface area contributed by atoms with E-state index in [0.29, 0.717) is 12.3 Å². The van der Waals surface area contributed by atoms with E-state index in [4.69, 9.17) is 0 Å². The number of hydrogen-bond donors (Lipinski definition) is 3. The summed E-state index contributed by atoms with van der Waals surface area (Å²) in [4.78, 5) is 24.1. The minimum Gasteiger partial charge on any atom is -0.391 e. The van der Waals surface area contributed by atoms with Gasteiger partial charge in [-0.1, -0.05) is 19.9 Å². The van der Waals surface area contributed by atoms with E-state index < -0.39 is 6.10 Å². The number of carbonyl (C=O) groups excluding carboxylic acids is 2. The monoisotopic (exact) mass is 312 g/mol. The molecular weight excluding hydrogens is 288 g/mol. The standard InChI is InChI=1S/C15H24N2O3S/c1-10(2)7-12(19)9-16-15(20)8-13(17-11(3)18)14-5-4-6-21-14/h4-6,10,12-13,19H,7-9H2,1-3H3,(H,16,20)(H,17,18). The van der Waals surface area contributed by atoms with Crippen LogP contribution in [0.4, 0.5) is 0 Å². The van der Waals surface area contributed by atoms with Crippen LogP contribution < -0.4 is 10.6 Å². The molecule has 3 N–H and O–H groups in total. The van der Waals surface area contributed by atoms with Gasteiger partial charge in [0.2, 0.25) is 11.8 Å². The summed E-state index contributed by atoms with van der Waals surface area (Å²) in [5.74, 6) is 0.0427. The summed E-state index contributed by atoms with van der Waals surface area (Å²) in [5, 5.41) is 17.2. The van der Waals surface area contributed by atoms with E-state index in [1.165, 1.54) is 18.3 Å². The van der Waals surface area contributed by atoms with Gasteiger partial charge in [-0.3, -0.25) is 9.59 Å².